The fraction of sp³-hybridized carbons (Fsp3) is 0.0667. The number of benzene rings is 2. The lowest BCUT2D eigenvalue weighted by molar-refractivity contribution is 0.102. The third-order valence-electron chi connectivity index (χ3n) is 3.12. The molecule has 0 aliphatic rings. The first-order valence-corrected chi connectivity index (χ1v) is 7.05. The molecule has 3 rings (SSSR count). The lowest BCUT2D eigenvalue weighted by Crippen LogP contribution is -2.12. The van der Waals surface area contributed by atoms with E-state index in [1.165, 1.54) is 0 Å². The second-order valence-electron chi connectivity index (χ2n) is 4.47. The molecule has 106 valence electrons. The molecule has 1 aromatic heterocycles. The Labute approximate surface area is 129 Å². The van der Waals surface area contributed by atoms with E-state index in [1.807, 2.05) is 18.2 Å². The highest BCUT2D eigenvalue weighted by atomic mass is 79.9. The van der Waals surface area contributed by atoms with Crippen molar-refractivity contribution in [3.8, 4) is 5.75 Å². The number of fused-ring (bicyclic) bond motifs is 1. The molecule has 2 N–H and O–H groups in total. The van der Waals surface area contributed by atoms with Crippen LogP contribution in [0.2, 0.25) is 0 Å². The third kappa shape index (κ3) is 2.75. The molecule has 0 atom stereocenters. The average Bonchev–Trinajstić information content (AvgIpc) is 2.95. The summed E-state index contributed by atoms with van der Waals surface area (Å²) in [6.07, 6.45) is 1.74. The Balaban J connectivity index is 1.88. The van der Waals surface area contributed by atoms with E-state index in [0.717, 1.165) is 10.9 Å². The molecule has 0 radical (unpaired) electrons. The Morgan fingerprint density at radius 3 is 2.95 bits per heavy atom. The first-order valence-electron chi connectivity index (χ1n) is 6.25. The van der Waals surface area contributed by atoms with Crippen molar-refractivity contribution in [1.82, 2.24) is 10.2 Å². The molecule has 0 spiro atoms. The van der Waals surface area contributed by atoms with Gasteiger partial charge in [0.25, 0.3) is 5.91 Å². The van der Waals surface area contributed by atoms with Crippen molar-refractivity contribution in [3.05, 3.63) is 52.6 Å². The van der Waals surface area contributed by atoms with Crippen molar-refractivity contribution >= 4 is 38.4 Å². The van der Waals surface area contributed by atoms with E-state index >= 15 is 0 Å². The summed E-state index contributed by atoms with van der Waals surface area (Å²) in [5.74, 6) is 0.423. The number of aromatic nitrogens is 2. The van der Waals surface area contributed by atoms with Gasteiger partial charge >= 0.3 is 0 Å². The zero-order valence-corrected chi connectivity index (χ0v) is 12.8. The smallest absolute Gasteiger partial charge is 0.256 e. The number of methoxy groups -OCH3 is 1. The summed E-state index contributed by atoms with van der Waals surface area (Å²) in [5.41, 5.74) is 2.09. The van der Waals surface area contributed by atoms with E-state index in [0.29, 0.717) is 21.5 Å². The predicted molar refractivity (Wildman–Crippen MR) is 84.7 cm³/mol. The first kappa shape index (κ1) is 13.6. The van der Waals surface area contributed by atoms with E-state index in [1.54, 1.807) is 31.5 Å². The number of hydrogen-bond donors (Lipinski definition) is 2. The van der Waals surface area contributed by atoms with Gasteiger partial charge in [-0.05, 0) is 52.3 Å². The maximum atomic E-state index is 12.4. The number of halogens is 1. The Bertz CT molecular complexity index is 814. The van der Waals surface area contributed by atoms with Crippen LogP contribution in [-0.4, -0.2) is 23.2 Å². The quantitative estimate of drug-likeness (QED) is 0.762. The number of nitrogens with zero attached hydrogens (tertiary/aromatic N) is 1. The fourth-order valence-corrected chi connectivity index (χ4v) is 2.45. The number of ether oxygens (including phenoxy) is 1. The molecule has 0 unspecified atom stereocenters. The zero-order valence-electron chi connectivity index (χ0n) is 11.2. The van der Waals surface area contributed by atoms with Crippen molar-refractivity contribution in [1.29, 1.82) is 0 Å². The molecule has 0 aliphatic carbocycles. The second kappa shape index (κ2) is 5.57. The minimum Gasteiger partial charge on any atom is -0.497 e. The number of carbonyl (C=O) groups excluding carboxylic acids is 1. The molecule has 21 heavy (non-hydrogen) atoms. The van der Waals surface area contributed by atoms with Crippen LogP contribution >= 0.6 is 15.9 Å². The standard InChI is InChI=1S/C15H12BrN3O2/c1-21-11-4-5-13(16)12(7-11)15(20)18-10-3-2-9-8-17-19-14(9)6-10/h2-8H,1H3,(H,17,19)(H,18,20). The van der Waals surface area contributed by atoms with Crippen LogP contribution < -0.4 is 10.1 Å². The third-order valence-corrected chi connectivity index (χ3v) is 3.81. The molecule has 5 nitrogen and oxygen atoms in total. The first-order chi connectivity index (χ1) is 10.2. The highest BCUT2D eigenvalue weighted by Gasteiger charge is 2.12. The monoisotopic (exact) mass is 345 g/mol. The molecule has 1 heterocycles. The Morgan fingerprint density at radius 2 is 2.14 bits per heavy atom. The van der Waals surface area contributed by atoms with Crippen LogP contribution in [0.15, 0.2) is 47.1 Å². The van der Waals surface area contributed by atoms with Gasteiger partial charge in [-0.25, -0.2) is 0 Å². The summed E-state index contributed by atoms with van der Waals surface area (Å²) in [5, 5.41) is 10.7. The zero-order chi connectivity index (χ0) is 14.8. The van der Waals surface area contributed by atoms with Gasteiger partial charge in [0.2, 0.25) is 0 Å². The molecule has 0 bridgehead atoms. The van der Waals surface area contributed by atoms with Crippen LogP contribution in [-0.2, 0) is 0 Å². The summed E-state index contributed by atoms with van der Waals surface area (Å²) in [4.78, 5) is 12.4. The number of amides is 1. The molecule has 0 saturated heterocycles. The molecule has 1 amide bonds. The van der Waals surface area contributed by atoms with Crippen LogP contribution in [0.4, 0.5) is 5.69 Å². The Kier molecular flexibility index (Phi) is 3.62. The second-order valence-corrected chi connectivity index (χ2v) is 5.33. The number of hydrogen-bond acceptors (Lipinski definition) is 3. The summed E-state index contributed by atoms with van der Waals surface area (Å²) in [6.45, 7) is 0. The molecular formula is C15H12BrN3O2. The van der Waals surface area contributed by atoms with Crippen molar-refractivity contribution < 1.29 is 9.53 Å². The highest BCUT2D eigenvalue weighted by molar-refractivity contribution is 9.10. The average molecular weight is 346 g/mol. The van der Waals surface area contributed by atoms with Crippen molar-refractivity contribution in [2.45, 2.75) is 0 Å². The molecule has 0 saturated carbocycles. The molecule has 0 aliphatic heterocycles. The minimum absolute atomic E-state index is 0.209. The van der Waals surface area contributed by atoms with Gasteiger partial charge in [-0.1, -0.05) is 0 Å². The maximum Gasteiger partial charge on any atom is 0.256 e. The van der Waals surface area contributed by atoms with Gasteiger partial charge in [0.15, 0.2) is 0 Å². The van der Waals surface area contributed by atoms with Gasteiger partial charge in [0.1, 0.15) is 5.75 Å². The Hall–Kier alpha value is -2.34. The van der Waals surface area contributed by atoms with Gasteiger partial charge in [0, 0.05) is 15.5 Å². The number of H-pyrrole nitrogens is 1. The fourth-order valence-electron chi connectivity index (χ4n) is 2.02. The predicted octanol–water partition coefficient (Wildman–Crippen LogP) is 3.59. The van der Waals surface area contributed by atoms with Gasteiger partial charge in [-0.3, -0.25) is 9.89 Å². The number of rotatable bonds is 3. The maximum absolute atomic E-state index is 12.4. The van der Waals surface area contributed by atoms with Gasteiger partial charge in [-0.15, -0.1) is 0 Å². The minimum atomic E-state index is -0.209. The summed E-state index contributed by atoms with van der Waals surface area (Å²) < 4.78 is 5.85. The van der Waals surface area contributed by atoms with E-state index in [-0.39, 0.29) is 5.91 Å². The van der Waals surface area contributed by atoms with Crippen molar-refractivity contribution in [2.75, 3.05) is 12.4 Å². The number of aromatic amines is 1. The van der Waals surface area contributed by atoms with Crippen LogP contribution in [0.1, 0.15) is 10.4 Å². The van der Waals surface area contributed by atoms with Crippen molar-refractivity contribution in [3.63, 3.8) is 0 Å². The van der Waals surface area contributed by atoms with E-state index in [9.17, 15) is 4.79 Å². The van der Waals surface area contributed by atoms with Gasteiger partial charge in [-0.2, -0.15) is 5.10 Å². The Morgan fingerprint density at radius 1 is 1.29 bits per heavy atom. The van der Waals surface area contributed by atoms with Crippen LogP contribution in [0.25, 0.3) is 10.9 Å². The SMILES string of the molecule is COc1ccc(Br)c(C(=O)Nc2ccc3cn[nH]c3c2)c1. The molecular weight excluding hydrogens is 334 g/mol. The number of nitrogens with one attached hydrogen (secondary N) is 2. The van der Waals surface area contributed by atoms with E-state index in [2.05, 4.69) is 31.4 Å². The number of anilines is 1. The topological polar surface area (TPSA) is 67.0 Å². The van der Waals surface area contributed by atoms with Gasteiger partial charge < -0.3 is 10.1 Å². The molecule has 3 aromatic rings. The molecule has 2 aromatic carbocycles. The van der Waals surface area contributed by atoms with Crippen LogP contribution in [0.5, 0.6) is 5.75 Å². The number of carbonyl (C=O) groups is 1. The van der Waals surface area contributed by atoms with Crippen molar-refractivity contribution in [2.24, 2.45) is 0 Å². The van der Waals surface area contributed by atoms with Crippen LogP contribution in [0, 0.1) is 0 Å². The molecule has 0 fully saturated rings. The van der Waals surface area contributed by atoms with E-state index < -0.39 is 0 Å². The van der Waals surface area contributed by atoms with E-state index in [4.69, 9.17) is 4.74 Å². The highest BCUT2D eigenvalue weighted by Crippen LogP contribution is 2.24. The van der Waals surface area contributed by atoms with Gasteiger partial charge in [0.05, 0.1) is 24.4 Å². The molecule has 6 heteroatoms. The summed E-state index contributed by atoms with van der Waals surface area (Å²) >= 11 is 3.37. The van der Waals surface area contributed by atoms with Crippen LogP contribution in [0.3, 0.4) is 0 Å². The normalized spacial score (nSPS) is 10.6. The lowest BCUT2D eigenvalue weighted by Gasteiger charge is -2.08. The largest absolute Gasteiger partial charge is 0.497 e. The lowest BCUT2D eigenvalue weighted by atomic mass is 10.2. The summed E-state index contributed by atoms with van der Waals surface area (Å²) in [6, 6.07) is 10.8. The summed E-state index contributed by atoms with van der Waals surface area (Å²) in [7, 11) is 1.57.